The maximum absolute atomic E-state index is 12.7. The van der Waals surface area contributed by atoms with Crippen molar-refractivity contribution < 1.29 is 28.6 Å². The fourth-order valence-corrected chi connectivity index (χ4v) is 6.36. The molecule has 62 heavy (non-hydrogen) atoms. The van der Waals surface area contributed by atoms with Crippen molar-refractivity contribution >= 4 is 17.9 Å². The maximum atomic E-state index is 12.7. The minimum atomic E-state index is -0.819. The lowest BCUT2D eigenvalue weighted by atomic mass is 10.1. The van der Waals surface area contributed by atoms with Gasteiger partial charge in [0.15, 0.2) is 6.10 Å². The molecule has 6 nitrogen and oxygen atoms in total. The van der Waals surface area contributed by atoms with Crippen LogP contribution in [0.3, 0.4) is 0 Å². The van der Waals surface area contributed by atoms with Crippen LogP contribution in [0.15, 0.2) is 109 Å². The topological polar surface area (TPSA) is 78.9 Å². The number of hydrogen-bond donors (Lipinski definition) is 0. The zero-order chi connectivity index (χ0) is 45.1. The number of hydrogen-bond acceptors (Lipinski definition) is 6. The number of allylic oxidation sites excluding steroid dienone is 18. The number of carbonyl (C=O) groups excluding carboxylic acids is 3. The first-order valence-corrected chi connectivity index (χ1v) is 24.9. The van der Waals surface area contributed by atoms with Crippen LogP contribution in [0.4, 0.5) is 0 Å². The van der Waals surface area contributed by atoms with Crippen LogP contribution < -0.4 is 0 Å². The first-order chi connectivity index (χ1) is 30.5. The average molecular weight is 859 g/mol. The van der Waals surface area contributed by atoms with Crippen LogP contribution in [0.5, 0.6) is 0 Å². The molecule has 0 rings (SSSR count). The van der Waals surface area contributed by atoms with Crippen LogP contribution in [0.1, 0.15) is 207 Å². The third-order valence-electron chi connectivity index (χ3n) is 10.0. The van der Waals surface area contributed by atoms with Crippen molar-refractivity contribution in [2.45, 2.75) is 213 Å². The molecule has 350 valence electrons. The van der Waals surface area contributed by atoms with Gasteiger partial charge in [-0.3, -0.25) is 14.4 Å². The third-order valence-corrected chi connectivity index (χ3v) is 10.0. The summed E-state index contributed by atoms with van der Waals surface area (Å²) in [5.74, 6) is -1.02. The Morgan fingerprint density at radius 1 is 0.339 bits per heavy atom. The highest BCUT2D eigenvalue weighted by Gasteiger charge is 2.19. The van der Waals surface area contributed by atoms with Crippen molar-refractivity contribution in [3.05, 3.63) is 109 Å². The summed E-state index contributed by atoms with van der Waals surface area (Å²) in [6.07, 6.45) is 66.7. The molecule has 0 aromatic carbocycles. The first-order valence-electron chi connectivity index (χ1n) is 24.9. The van der Waals surface area contributed by atoms with Gasteiger partial charge >= 0.3 is 17.9 Å². The van der Waals surface area contributed by atoms with Crippen LogP contribution in [0, 0.1) is 0 Å². The van der Waals surface area contributed by atoms with Crippen molar-refractivity contribution in [1.29, 1.82) is 0 Å². The molecule has 6 heteroatoms. The van der Waals surface area contributed by atoms with Gasteiger partial charge in [0, 0.05) is 19.3 Å². The third kappa shape index (κ3) is 47.1. The Morgan fingerprint density at radius 3 is 1.05 bits per heavy atom. The van der Waals surface area contributed by atoms with Crippen molar-refractivity contribution in [2.24, 2.45) is 0 Å². The average Bonchev–Trinajstić information content (AvgIpc) is 3.27. The first kappa shape index (κ1) is 58.1. The number of unbranched alkanes of at least 4 members (excludes halogenated alkanes) is 14. The van der Waals surface area contributed by atoms with E-state index in [-0.39, 0.29) is 31.6 Å². The molecule has 0 saturated heterocycles. The molecule has 0 saturated carbocycles. The second-order valence-corrected chi connectivity index (χ2v) is 16.0. The minimum Gasteiger partial charge on any atom is -0.462 e. The molecule has 0 bridgehead atoms. The second-order valence-electron chi connectivity index (χ2n) is 16.0. The highest BCUT2D eigenvalue weighted by molar-refractivity contribution is 5.71. The predicted octanol–water partition coefficient (Wildman–Crippen LogP) is 16.4. The van der Waals surface area contributed by atoms with Crippen molar-refractivity contribution in [2.75, 3.05) is 13.2 Å². The summed E-state index contributed by atoms with van der Waals surface area (Å²) in [6.45, 7) is 6.28. The van der Waals surface area contributed by atoms with Crippen LogP contribution in [0.2, 0.25) is 0 Å². The fraction of sp³-hybridized carbons (Fsp3) is 0.625. The Hall–Kier alpha value is -3.93. The van der Waals surface area contributed by atoms with Gasteiger partial charge in [-0.2, -0.15) is 0 Å². The lowest BCUT2D eigenvalue weighted by molar-refractivity contribution is -0.166. The quantitative estimate of drug-likeness (QED) is 0.0263. The van der Waals surface area contributed by atoms with E-state index in [1.807, 2.05) is 12.2 Å². The van der Waals surface area contributed by atoms with Crippen LogP contribution in [-0.4, -0.2) is 37.2 Å². The molecule has 0 amide bonds. The summed E-state index contributed by atoms with van der Waals surface area (Å²) in [4.78, 5) is 37.7. The van der Waals surface area contributed by atoms with Gasteiger partial charge in [-0.25, -0.2) is 0 Å². The number of ether oxygens (including phenoxy) is 3. The number of esters is 3. The predicted molar refractivity (Wildman–Crippen MR) is 265 cm³/mol. The standard InChI is InChI=1S/C56H90O6/c1-4-7-10-13-16-19-21-23-24-25-26-27-28-29-30-31-32-34-35-37-40-43-46-49-55(58)61-52-53(51-60-54(57)48-45-42-39-18-15-12-9-6-3)62-56(59)50-47-44-41-38-36-33-22-20-17-14-11-8-5-2/h7-8,10-11,16-17,19-20,23-24,26-27,29-30,33,36,41,44,53H,4-6,9,12-15,18,21-22,25,28,31-32,34-35,37-40,42-43,45-52H2,1-3H3/b10-7-,11-8-,19-16-,20-17-,24-23-,27-26-,30-29-,36-33-,44-41-. The van der Waals surface area contributed by atoms with Gasteiger partial charge in [-0.1, -0.05) is 207 Å². The molecule has 0 radical (unpaired) electrons. The molecule has 0 N–H and O–H groups in total. The van der Waals surface area contributed by atoms with E-state index >= 15 is 0 Å². The molecule has 0 fully saturated rings. The molecule has 1 unspecified atom stereocenters. The van der Waals surface area contributed by atoms with Crippen LogP contribution >= 0.6 is 0 Å². The summed E-state index contributed by atoms with van der Waals surface area (Å²) in [7, 11) is 0. The van der Waals surface area contributed by atoms with E-state index in [9.17, 15) is 14.4 Å². The van der Waals surface area contributed by atoms with Gasteiger partial charge in [0.25, 0.3) is 0 Å². The van der Waals surface area contributed by atoms with Crippen LogP contribution in [0.25, 0.3) is 0 Å². The van der Waals surface area contributed by atoms with Crippen LogP contribution in [-0.2, 0) is 28.6 Å². The lowest BCUT2D eigenvalue weighted by Crippen LogP contribution is -2.30. The van der Waals surface area contributed by atoms with E-state index in [2.05, 4.69) is 118 Å². The Bertz CT molecular complexity index is 1310. The molecule has 0 aliphatic heterocycles. The molecular formula is C56H90O6. The smallest absolute Gasteiger partial charge is 0.306 e. The van der Waals surface area contributed by atoms with Crippen molar-refractivity contribution in [3.63, 3.8) is 0 Å². The summed E-state index contributed by atoms with van der Waals surface area (Å²) < 4.78 is 16.6. The Labute approximate surface area is 380 Å². The molecule has 0 aliphatic rings. The Morgan fingerprint density at radius 2 is 0.661 bits per heavy atom. The summed E-state index contributed by atoms with van der Waals surface area (Å²) in [5, 5.41) is 0. The van der Waals surface area contributed by atoms with Gasteiger partial charge in [-0.15, -0.1) is 0 Å². The molecule has 0 spiro atoms. The van der Waals surface area contributed by atoms with Gasteiger partial charge < -0.3 is 14.2 Å². The monoisotopic (exact) mass is 859 g/mol. The molecule has 0 aromatic heterocycles. The van der Waals surface area contributed by atoms with E-state index in [4.69, 9.17) is 14.2 Å². The SMILES string of the molecule is CC/C=C\C/C=C\C/C=C\C/C=C\C/C=C\CCCCCCCCCC(=O)OCC(COC(=O)CCCCCCCCCC)OC(=O)CC/C=C\C/C=C\C/C=C\C/C=C\CC. The van der Waals surface area contributed by atoms with Gasteiger partial charge in [0.1, 0.15) is 13.2 Å². The number of carbonyl (C=O) groups is 3. The largest absolute Gasteiger partial charge is 0.462 e. The highest BCUT2D eigenvalue weighted by atomic mass is 16.6. The molecule has 1 atom stereocenters. The van der Waals surface area contributed by atoms with E-state index in [0.717, 1.165) is 103 Å². The van der Waals surface area contributed by atoms with Gasteiger partial charge in [0.05, 0.1) is 0 Å². The summed E-state index contributed by atoms with van der Waals surface area (Å²) in [6, 6.07) is 0. The zero-order valence-electron chi connectivity index (χ0n) is 39.8. The van der Waals surface area contributed by atoms with E-state index in [1.165, 1.54) is 57.8 Å². The van der Waals surface area contributed by atoms with E-state index in [0.29, 0.717) is 19.3 Å². The Kier molecular flexibility index (Phi) is 46.6. The molecule has 0 aliphatic carbocycles. The normalized spacial score (nSPS) is 13.0. The Balaban J connectivity index is 4.35. The number of rotatable bonds is 43. The molecular weight excluding hydrogens is 769 g/mol. The summed E-state index contributed by atoms with van der Waals surface area (Å²) >= 11 is 0. The minimum absolute atomic E-state index is 0.111. The molecule has 0 heterocycles. The van der Waals surface area contributed by atoms with E-state index in [1.54, 1.807) is 0 Å². The molecule has 0 aromatic rings. The van der Waals surface area contributed by atoms with Gasteiger partial charge in [0.2, 0.25) is 0 Å². The second kappa shape index (κ2) is 49.7. The van der Waals surface area contributed by atoms with Gasteiger partial charge in [-0.05, 0) is 89.9 Å². The van der Waals surface area contributed by atoms with E-state index < -0.39 is 12.1 Å². The highest BCUT2D eigenvalue weighted by Crippen LogP contribution is 2.13. The van der Waals surface area contributed by atoms with Crippen molar-refractivity contribution in [3.8, 4) is 0 Å². The lowest BCUT2D eigenvalue weighted by Gasteiger charge is -2.18. The maximum Gasteiger partial charge on any atom is 0.306 e. The summed E-state index contributed by atoms with van der Waals surface area (Å²) in [5.41, 5.74) is 0. The fourth-order valence-electron chi connectivity index (χ4n) is 6.36. The zero-order valence-corrected chi connectivity index (χ0v) is 39.8. The van der Waals surface area contributed by atoms with Crippen molar-refractivity contribution in [1.82, 2.24) is 0 Å².